The van der Waals surface area contributed by atoms with E-state index < -0.39 is 12.0 Å². The van der Waals surface area contributed by atoms with Gasteiger partial charge in [0, 0.05) is 26.6 Å². The lowest BCUT2D eigenvalue weighted by Gasteiger charge is -2.20. The highest BCUT2D eigenvalue weighted by atomic mass is 16.5. The molecule has 2 amide bonds. The highest BCUT2D eigenvalue weighted by molar-refractivity contribution is 5.80. The number of hydrogen-bond acceptors (Lipinski definition) is 3. The molecule has 0 saturated heterocycles. The second kappa shape index (κ2) is 10.4. The fourth-order valence-corrected chi connectivity index (χ4v) is 1.28. The van der Waals surface area contributed by atoms with E-state index >= 15 is 0 Å². The van der Waals surface area contributed by atoms with Gasteiger partial charge in [-0.05, 0) is 12.8 Å². The molecule has 0 aromatic carbocycles. The van der Waals surface area contributed by atoms with Crippen LogP contribution in [0.1, 0.15) is 19.3 Å². The molecule has 0 rings (SSSR count). The maximum Gasteiger partial charge on any atom is 0.323 e. The predicted molar refractivity (Wildman–Crippen MR) is 67.2 cm³/mol. The van der Waals surface area contributed by atoms with Crippen molar-refractivity contribution in [3.63, 3.8) is 0 Å². The SMILES string of the molecule is C#CCCCCNC(=O)N(CCOC)CC(=O)O. The zero-order chi connectivity index (χ0) is 13.8. The van der Waals surface area contributed by atoms with Gasteiger partial charge in [-0.3, -0.25) is 4.79 Å². The number of aliphatic carboxylic acids is 1. The Labute approximate surface area is 107 Å². The summed E-state index contributed by atoms with van der Waals surface area (Å²) in [7, 11) is 1.50. The molecule has 0 aromatic heterocycles. The van der Waals surface area contributed by atoms with E-state index in [-0.39, 0.29) is 13.1 Å². The molecule has 6 heteroatoms. The normalized spacial score (nSPS) is 9.56. The van der Waals surface area contributed by atoms with Crippen LogP contribution in [0, 0.1) is 12.3 Å². The first-order valence-corrected chi connectivity index (χ1v) is 5.78. The molecule has 0 radical (unpaired) electrons. The number of unbranched alkanes of at least 4 members (excludes halogenated alkanes) is 2. The number of hydrogen-bond donors (Lipinski definition) is 2. The van der Waals surface area contributed by atoms with E-state index in [1.165, 1.54) is 12.0 Å². The molecule has 0 aliphatic carbocycles. The van der Waals surface area contributed by atoms with E-state index in [9.17, 15) is 9.59 Å². The van der Waals surface area contributed by atoms with E-state index in [2.05, 4.69) is 11.2 Å². The summed E-state index contributed by atoms with van der Waals surface area (Å²) in [5.74, 6) is 1.47. The maximum absolute atomic E-state index is 11.7. The van der Waals surface area contributed by atoms with Gasteiger partial charge in [0.1, 0.15) is 6.54 Å². The summed E-state index contributed by atoms with van der Waals surface area (Å²) >= 11 is 0. The van der Waals surface area contributed by atoms with Gasteiger partial charge in [-0.1, -0.05) is 0 Å². The lowest BCUT2D eigenvalue weighted by molar-refractivity contribution is -0.137. The summed E-state index contributed by atoms with van der Waals surface area (Å²) in [4.78, 5) is 23.5. The fraction of sp³-hybridized carbons (Fsp3) is 0.667. The van der Waals surface area contributed by atoms with Gasteiger partial charge < -0.3 is 20.1 Å². The maximum atomic E-state index is 11.7. The standard InChI is InChI=1S/C12H20N2O4/c1-3-4-5-6-7-13-12(17)14(8-9-18-2)10-11(15)16/h1H,4-10H2,2H3,(H,13,17)(H,15,16). The van der Waals surface area contributed by atoms with Crippen molar-refractivity contribution in [3.8, 4) is 12.3 Å². The fourth-order valence-electron chi connectivity index (χ4n) is 1.28. The number of carbonyl (C=O) groups is 2. The van der Waals surface area contributed by atoms with Crippen LogP contribution in [0.5, 0.6) is 0 Å². The number of methoxy groups -OCH3 is 1. The molecule has 0 atom stereocenters. The van der Waals surface area contributed by atoms with Crippen LogP contribution in [0.25, 0.3) is 0 Å². The number of urea groups is 1. The molecule has 6 nitrogen and oxygen atoms in total. The number of carboxylic acid groups (broad SMARTS) is 1. The largest absolute Gasteiger partial charge is 0.480 e. The van der Waals surface area contributed by atoms with Crippen molar-refractivity contribution < 1.29 is 19.4 Å². The Hall–Kier alpha value is -1.74. The zero-order valence-electron chi connectivity index (χ0n) is 10.6. The summed E-state index contributed by atoms with van der Waals surface area (Å²) < 4.78 is 4.82. The smallest absolute Gasteiger partial charge is 0.323 e. The van der Waals surface area contributed by atoms with Gasteiger partial charge in [0.15, 0.2) is 0 Å². The second-order valence-electron chi connectivity index (χ2n) is 3.70. The van der Waals surface area contributed by atoms with Gasteiger partial charge in [0.05, 0.1) is 6.61 Å². The Kier molecular flexibility index (Phi) is 9.41. The molecule has 102 valence electrons. The lowest BCUT2D eigenvalue weighted by Crippen LogP contribution is -2.44. The Morgan fingerprint density at radius 2 is 2.17 bits per heavy atom. The third kappa shape index (κ3) is 8.42. The first-order valence-electron chi connectivity index (χ1n) is 5.78. The van der Waals surface area contributed by atoms with Crippen molar-refractivity contribution in [1.29, 1.82) is 0 Å². The Bertz CT molecular complexity index is 299. The van der Waals surface area contributed by atoms with Crippen LogP contribution in [-0.4, -0.2) is 55.4 Å². The Balaban J connectivity index is 3.96. The average Bonchev–Trinajstić information content (AvgIpc) is 2.33. The molecule has 0 bridgehead atoms. The van der Waals surface area contributed by atoms with Crippen molar-refractivity contribution >= 4 is 12.0 Å². The number of carboxylic acids is 1. The summed E-state index contributed by atoms with van der Waals surface area (Å²) in [5, 5.41) is 11.3. The van der Waals surface area contributed by atoms with Crippen molar-refractivity contribution in [2.75, 3.05) is 33.4 Å². The molecule has 0 saturated carbocycles. The molecular weight excluding hydrogens is 236 g/mol. The van der Waals surface area contributed by atoms with Crippen molar-refractivity contribution in [2.45, 2.75) is 19.3 Å². The lowest BCUT2D eigenvalue weighted by atomic mass is 10.2. The monoisotopic (exact) mass is 256 g/mol. The highest BCUT2D eigenvalue weighted by Crippen LogP contribution is 1.94. The van der Waals surface area contributed by atoms with E-state index in [1.807, 2.05) is 0 Å². The number of ether oxygens (including phenoxy) is 1. The minimum Gasteiger partial charge on any atom is -0.480 e. The quantitative estimate of drug-likeness (QED) is 0.466. The number of terminal acetylenes is 1. The van der Waals surface area contributed by atoms with E-state index in [4.69, 9.17) is 16.3 Å². The molecule has 0 spiro atoms. The highest BCUT2D eigenvalue weighted by Gasteiger charge is 2.15. The molecule has 0 aromatic rings. The van der Waals surface area contributed by atoms with Gasteiger partial charge in [0.2, 0.25) is 0 Å². The van der Waals surface area contributed by atoms with Gasteiger partial charge in [-0.2, -0.15) is 0 Å². The molecule has 0 aliphatic heterocycles. The van der Waals surface area contributed by atoms with E-state index in [0.717, 1.165) is 12.8 Å². The topological polar surface area (TPSA) is 78.9 Å². The molecule has 0 aliphatic rings. The third-order valence-electron chi connectivity index (χ3n) is 2.20. The summed E-state index contributed by atoms with van der Waals surface area (Å²) in [6.45, 7) is 0.708. The van der Waals surface area contributed by atoms with Crippen molar-refractivity contribution in [1.82, 2.24) is 10.2 Å². The van der Waals surface area contributed by atoms with Crippen LogP contribution < -0.4 is 5.32 Å². The van der Waals surface area contributed by atoms with Gasteiger partial charge in [-0.25, -0.2) is 4.79 Å². The Morgan fingerprint density at radius 3 is 2.72 bits per heavy atom. The molecular formula is C12H20N2O4. The summed E-state index contributed by atoms with van der Waals surface area (Å²) in [6, 6.07) is -0.393. The van der Waals surface area contributed by atoms with Crippen LogP contribution in [-0.2, 0) is 9.53 Å². The van der Waals surface area contributed by atoms with E-state index in [0.29, 0.717) is 19.6 Å². The molecule has 0 heterocycles. The minimum atomic E-state index is -1.05. The van der Waals surface area contributed by atoms with Gasteiger partial charge >= 0.3 is 12.0 Å². The molecule has 18 heavy (non-hydrogen) atoms. The Morgan fingerprint density at radius 1 is 1.44 bits per heavy atom. The number of nitrogens with one attached hydrogen (secondary N) is 1. The number of amides is 2. The molecule has 2 N–H and O–H groups in total. The summed E-state index contributed by atoms with van der Waals surface area (Å²) in [5.41, 5.74) is 0. The van der Waals surface area contributed by atoms with Crippen molar-refractivity contribution in [3.05, 3.63) is 0 Å². The van der Waals surface area contributed by atoms with Crippen LogP contribution in [0.3, 0.4) is 0 Å². The van der Waals surface area contributed by atoms with Gasteiger partial charge in [0.25, 0.3) is 0 Å². The first-order chi connectivity index (χ1) is 8.61. The molecule has 0 fully saturated rings. The van der Waals surface area contributed by atoms with Crippen LogP contribution in [0.15, 0.2) is 0 Å². The third-order valence-corrected chi connectivity index (χ3v) is 2.20. The number of nitrogens with zero attached hydrogens (tertiary/aromatic N) is 1. The average molecular weight is 256 g/mol. The minimum absolute atomic E-state index is 0.249. The number of rotatable bonds is 9. The second-order valence-corrected chi connectivity index (χ2v) is 3.70. The van der Waals surface area contributed by atoms with Crippen LogP contribution in [0.4, 0.5) is 4.79 Å². The molecule has 0 unspecified atom stereocenters. The van der Waals surface area contributed by atoms with Crippen LogP contribution >= 0.6 is 0 Å². The van der Waals surface area contributed by atoms with Gasteiger partial charge in [-0.15, -0.1) is 12.3 Å². The zero-order valence-corrected chi connectivity index (χ0v) is 10.6. The first kappa shape index (κ1) is 16.3. The number of carbonyl (C=O) groups excluding carboxylic acids is 1. The summed E-state index contributed by atoms with van der Waals surface area (Å²) in [6.07, 6.45) is 7.40. The van der Waals surface area contributed by atoms with Crippen molar-refractivity contribution in [2.24, 2.45) is 0 Å². The van der Waals surface area contributed by atoms with Crippen LogP contribution in [0.2, 0.25) is 0 Å². The van der Waals surface area contributed by atoms with E-state index in [1.54, 1.807) is 0 Å². The predicted octanol–water partition coefficient (Wildman–Crippen LogP) is 0.532.